The minimum atomic E-state index is -0.116. The molecule has 3 N–H and O–H groups in total. The number of hydrogen-bond acceptors (Lipinski definition) is 4. The van der Waals surface area contributed by atoms with Crippen LogP contribution in [0.1, 0.15) is 37.5 Å². The first kappa shape index (κ1) is 12.3. The van der Waals surface area contributed by atoms with Gasteiger partial charge in [-0.2, -0.15) is 5.10 Å². The Hall–Kier alpha value is -1.14. The third kappa shape index (κ3) is 2.95. The van der Waals surface area contributed by atoms with Gasteiger partial charge in [0.25, 0.3) is 0 Å². The monoisotopic (exact) mass is 240 g/mol. The molecule has 1 aliphatic rings. The van der Waals surface area contributed by atoms with Gasteiger partial charge in [-0.3, -0.25) is 4.57 Å². The first-order chi connectivity index (χ1) is 8.33. The summed E-state index contributed by atoms with van der Waals surface area (Å²) in [6.07, 6.45) is 4.86. The fraction of sp³-hybridized carbons (Fsp3) is 0.818. The maximum absolute atomic E-state index is 11.7. The molecular formula is C11H20N4O2. The Balaban J connectivity index is 1.99. The van der Waals surface area contributed by atoms with Crippen molar-refractivity contribution < 1.29 is 4.74 Å². The van der Waals surface area contributed by atoms with Crippen LogP contribution in [-0.2, 0) is 11.2 Å². The summed E-state index contributed by atoms with van der Waals surface area (Å²) in [4.78, 5) is 11.7. The van der Waals surface area contributed by atoms with E-state index < -0.39 is 0 Å². The Bertz CT molecular complexity index is 392. The van der Waals surface area contributed by atoms with Crippen molar-refractivity contribution >= 4 is 0 Å². The Labute approximate surface area is 100 Å². The van der Waals surface area contributed by atoms with Crippen molar-refractivity contribution in [3.63, 3.8) is 0 Å². The number of ether oxygens (including phenoxy) is 1. The SMILES string of the molecule is NCCCCCc1n[nH]c(=O)n1C1CCOC1. The van der Waals surface area contributed by atoms with Gasteiger partial charge in [-0.25, -0.2) is 9.89 Å². The van der Waals surface area contributed by atoms with E-state index in [0.717, 1.165) is 51.1 Å². The summed E-state index contributed by atoms with van der Waals surface area (Å²) in [6, 6.07) is 0.158. The van der Waals surface area contributed by atoms with Crippen LogP contribution in [0.5, 0.6) is 0 Å². The molecule has 96 valence electrons. The molecule has 6 heteroatoms. The quantitative estimate of drug-likeness (QED) is 0.696. The molecule has 17 heavy (non-hydrogen) atoms. The maximum Gasteiger partial charge on any atom is 0.343 e. The van der Waals surface area contributed by atoms with Crippen molar-refractivity contribution in [1.82, 2.24) is 14.8 Å². The minimum absolute atomic E-state index is 0.116. The lowest BCUT2D eigenvalue weighted by molar-refractivity contribution is 0.185. The van der Waals surface area contributed by atoms with E-state index >= 15 is 0 Å². The zero-order valence-electron chi connectivity index (χ0n) is 10.0. The first-order valence-corrected chi connectivity index (χ1v) is 6.26. The molecule has 2 heterocycles. The third-order valence-electron chi connectivity index (χ3n) is 3.15. The number of unbranched alkanes of at least 4 members (excludes halogenated alkanes) is 2. The number of aromatic amines is 1. The highest BCUT2D eigenvalue weighted by Crippen LogP contribution is 2.18. The molecule has 1 atom stereocenters. The predicted molar refractivity (Wildman–Crippen MR) is 63.9 cm³/mol. The summed E-state index contributed by atoms with van der Waals surface area (Å²) in [5, 5.41) is 6.63. The topological polar surface area (TPSA) is 85.9 Å². The summed E-state index contributed by atoms with van der Waals surface area (Å²) in [5.41, 5.74) is 5.33. The molecule has 2 rings (SSSR count). The van der Waals surface area contributed by atoms with Gasteiger partial charge in [0, 0.05) is 13.0 Å². The molecule has 1 aromatic heterocycles. The molecule has 6 nitrogen and oxygen atoms in total. The molecule has 0 aliphatic carbocycles. The second-order valence-electron chi connectivity index (χ2n) is 4.43. The number of H-pyrrole nitrogens is 1. The van der Waals surface area contributed by atoms with E-state index in [-0.39, 0.29) is 11.7 Å². The average molecular weight is 240 g/mol. The largest absolute Gasteiger partial charge is 0.379 e. The van der Waals surface area contributed by atoms with Gasteiger partial charge >= 0.3 is 5.69 Å². The maximum atomic E-state index is 11.7. The average Bonchev–Trinajstić information content (AvgIpc) is 2.94. The normalized spacial score (nSPS) is 19.9. The van der Waals surface area contributed by atoms with Gasteiger partial charge in [0.15, 0.2) is 0 Å². The van der Waals surface area contributed by atoms with Crippen LogP contribution in [0, 0.1) is 0 Å². The molecule has 0 saturated carbocycles. The van der Waals surface area contributed by atoms with Gasteiger partial charge in [-0.05, 0) is 25.8 Å². The van der Waals surface area contributed by atoms with Crippen LogP contribution in [0.15, 0.2) is 4.79 Å². The molecule has 1 aromatic rings. The van der Waals surface area contributed by atoms with E-state index in [1.807, 2.05) is 0 Å². The Morgan fingerprint density at radius 1 is 1.47 bits per heavy atom. The van der Waals surface area contributed by atoms with Crippen molar-refractivity contribution in [2.24, 2.45) is 5.73 Å². The first-order valence-electron chi connectivity index (χ1n) is 6.26. The summed E-state index contributed by atoms with van der Waals surface area (Å²) in [7, 11) is 0. The molecular weight excluding hydrogens is 220 g/mol. The molecule has 0 radical (unpaired) electrons. The number of aromatic nitrogens is 3. The van der Waals surface area contributed by atoms with Crippen molar-refractivity contribution in [2.45, 2.75) is 38.1 Å². The van der Waals surface area contributed by atoms with Gasteiger partial charge in [0.2, 0.25) is 0 Å². The van der Waals surface area contributed by atoms with Crippen molar-refractivity contribution in [1.29, 1.82) is 0 Å². The van der Waals surface area contributed by atoms with E-state index in [9.17, 15) is 4.79 Å². The highest BCUT2D eigenvalue weighted by Gasteiger charge is 2.22. The number of nitrogens with zero attached hydrogens (tertiary/aromatic N) is 2. The zero-order chi connectivity index (χ0) is 12.1. The lowest BCUT2D eigenvalue weighted by Gasteiger charge is -2.11. The van der Waals surface area contributed by atoms with Crippen molar-refractivity contribution in [3.8, 4) is 0 Å². The van der Waals surface area contributed by atoms with Crippen LogP contribution in [0.2, 0.25) is 0 Å². The van der Waals surface area contributed by atoms with Gasteiger partial charge in [0.1, 0.15) is 5.82 Å². The van der Waals surface area contributed by atoms with Crippen molar-refractivity contribution in [3.05, 3.63) is 16.3 Å². The third-order valence-corrected chi connectivity index (χ3v) is 3.15. The number of nitrogens with one attached hydrogen (secondary N) is 1. The summed E-state index contributed by atoms with van der Waals surface area (Å²) in [6.45, 7) is 2.08. The van der Waals surface area contributed by atoms with Gasteiger partial charge < -0.3 is 10.5 Å². The molecule has 1 saturated heterocycles. The molecule has 0 aromatic carbocycles. The Morgan fingerprint density at radius 3 is 3.06 bits per heavy atom. The van der Waals surface area contributed by atoms with E-state index in [0.29, 0.717) is 6.61 Å². The van der Waals surface area contributed by atoms with E-state index in [1.165, 1.54) is 0 Å². The zero-order valence-corrected chi connectivity index (χ0v) is 10.0. The molecule has 1 unspecified atom stereocenters. The fourth-order valence-corrected chi connectivity index (χ4v) is 2.22. The van der Waals surface area contributed by atoms with Crippen LogP contribution < -0.4 is 11.4 Å². The van der Waals surface area contributed by atoms with Gasteiger partial charge in [-0.15, -0.1) is 0 Å². The van der Waals surface area contributed by atoms with Crippen LogP contribution in [0.25, 0.3) is 0 Å². The molecule has 0 bridgehead atoms. The summed E-state index contributed by atoms with van der Waals surface area (Å²) < 4.78 is 7.08. The van der Waals surface area contributed by atoms with Gasteiger partial charge in [0.05, 0.1) is 12.6 Å². The van der Waals surface area contributed by atoms with E-state index in [1.54, 1.807) is 4.57 Å². The number of hydrogen-bond donors (Lipinski definition) is 2. The molecule has 0 amide bonds. The van der Waals surface area contributed by atoms with E-state index in [4.69, 9.17) is 10.5 Å². The Kier molecular flexibility index (Phi) is 4.33. The van der Waals surface area contributed by atoms with Gasteiger partial charge in [-0.1, -0.05) is 6.42 Å². The summed E-state index contributed by atoms with van der Waals surface area (Å²) in [5.74, 6) is 0.850. The smallest absolute Gasteiger partial charge is 0.343 e. The number of nitrogens with two attached hydrogens (primary N) is 1. The van der Waals surface area contributed by atoms with Crippen LogP contribution in [-0.4, -0.2) is 34.5 Å². The molecule has 0 spiro atoms. The Morgan fingerprint density at radius 2 is 2.35 bits per heavy atom. The number of aryl methyl sites for hydroxylation is 1. The highest BCUT2D eigenvalue weighted by molar-refractivity contribution is 4.91. The van der Waals surface area contributed by atoms with E-state index in [2.05, 4.69) is 10.2 Å². The minimum Gasteiger partial charge on any atom is -0.379 e. The van der Waals surface area contributed by atoms with Crippen molar-refractivity contribution in [2.75, 3.05) is 19.8 Å². The lowest BCUT2D eigenvalue weighted by atomic mass is 10.1. The number of rotatable bonds is 6. The van der Waals surface area contributed by atoms with Crippen LogP contribution >= 0.6 is 0 Å². The van der Waals surface area contributed by atoms with Crippen LogP contribution in [0.3, 0.4) is 0 Å². The second-order valence-corrected chi connectivity index (χ2v) is 4.43. The molecule has 1 fully saturated rings. The molecule has 1 aliphatic heterocycles. The second kappa shape index (κ2) is 5.97. The van der Waals surface area contributed by atoms with Crippen LogP contribution in [0.4, 0.5) is 0 Å². The summed E-state index contributed by atoms with van der Waals surface area (Å²) >= 11 is 0. The fourth-order valence-electron chi connectivity index (χ4n) is 2.22. The lowest BCUT2D eigenvalue weighted by Crippen LogP contribution is -2.24. The highest BCUT2D eigenvalue weighted by atomic mass is 16.5. The predicted octanol–water partition coefficient (Wildman–Crippen LogP) is 0.204. The standard InChI is InChI=1S/C11H20N4O2/c12-6-3-1-2-4-10-13-14-11(16)15(10)9-5-7-17-8-9/h9H,1-8,12H2,(H,14,16).